The molecule has 0 aliphatic carbocycles. The number of rotatable bonds is 7. The minimum absolute atomic E-state index is 0.0846. The number of thiazole rings is 1. The summed E-state index contributed by atoms with van der Waals surface area (Å²) < 4.78 is 5.87. The molecule has 0 radical (unpaired) electrons. The van der Waals surface area contributed by atoms with Gasteiger partial charge in [0.2, 0.25) is 0 Å². The molecule has 1 amide bonds. The van der Waals surface area contributed by atoms with Gasteiger partial charge in [0.15, 0.2) is 10.9 Å². The number of aromatic nitrogens is 2. The number of ketones is 2. The maximum absolute atomic E-state index is 13.3. The Morgan fingerprint density at radius 2 is 1.85 bits per heavy atom. The van der Waals surface area contributed by atoms with Crippen molar-refractivity contribution in [1.29, 1.82) is 0 Å². The number of hydrogen-bond donors (Lipinski definition) is 1. The highest BCUT2D eigenvalue weighted by molar-refractivity contribution is 7.18. The minimum Gasteiger partial charge on any atom is -0.507 e. The first-order valence-corrected chi connectivity index (χ1v) is 13.0. The first-order chi connectivity index (χ1) is 18.7. The molecule has 0 bridgehead atoms. The molecule has 3 heterocycles. The Kier molecular flexibility index (Phi) is 7.08. The highest BCUT2D eigenvalue weighted by atomic mass is 32.1. The number of carbonyl (C=O) groups excluding carboxylic acids is 3. The third kappa shape index (κ3) is 5.08. The first kappa shape index (κ1) is 26.0. The molecule has 1 aliphatic heterocycles. The second-order valence-corrected chi connectivity index (χ2v) is 10.2. The molecule has 2 aromatic carbocycles. The molecule has 4 aromatic rings. The lowest BCUT2D eigenvalue weighted by Gasteiger charge is -2.22. The smallest absolute Gasteiger partial charge is 0.301 e. The van der Waals surface area contributed by atoms with E-state index < -0.39 is 17.7 Å². The van der Waals surface area contributed by atoms with Gasteiger partial charge < -0.3 is 9.84 Å². The summed E-state index contributed by atoms with van der Waals surface area (Å²) in [5.74, 6) is -1.61. The van der Waals surface area contributed by atoms with Crippen LogP contribution in [0.3, 0.4) is 0 Å². The molecule has 9 heteroatoms. The summed E-state index contributed by atoms with van der Waals surface area (Å²) in [5.41, 5.74) is 3.43. The van der Waals surface area contributed by atoms with Crippen LogP contribution in [0.15, 0.2) is 78.6 Å². The summed E-state index contributed by atoms with van der Waals surface area (Å²) in [4.78, 5) is 48.9. The monoisotopic (exact) mass is 539 g/mol. The lowest BCUT2D eigenvalue weighted by molar-refractivity contribution is -0.132. The van der Waals surface area contributed by atoms with Gasteiger partial charge in [0.25, 0.3) is 5.78 Å². The quantitative estimate of drug-likeness (QED) is 0.142. The third-order valence-electron chi connectivity index (χ3n) is 6.37. The highest BCUT2D eigenvalue weighted by Crippen LogP contribution is 2.43. The zero-order valence-electron chi connectivity index (χ0n) is 21.5. The highest BCUT2D eigenvalue weighted by Gasteiger charge is 2.48. The summed E-state index contributed by atoms with van der Waals surface area (Å²) >= 11 is 1.04. The minimum atomic E-state index is -0.971. The van der Waals surface area contributed by atoms with E-state index in [4.69, 9.17) is 4.74 Å². The van der Waals surface area contributed by atoms with Crippen molar-refractivity contribution in [3.05, 3.63) is 111 Å². The molecular formula is C30H25N3O5S. The molecule has 1 atom stereocenters. The number of pyridine rings is 1. The molecule has 2 aromatic heterocycles. The number of ether oxygens (including phenoxy) is 1. The lowest BCUT2D eigenvalue weighted by Crippen LogP contribution is -2.29. The van der Waals surface area contributed by atoms with Gasteiger partial charge in [-0.1, -0.05) is 47.2 Å². The number of hydrogen-bond acceptors (Lipinski definition) is 8. The molecule has 8 nitrogen and oxygen atoms in total. The maximum atomic E-state index is 13.3. The van der Waals surface area contributed by atoms with Crippen LogP contribution in [0.4, 0.5) is 5.13 Å². The Bertz CT molecular complexity index is 1610. The Morgan fingerprint density at radius 3 is 2.49 bits per heavy atom. The fourth-order valence-corrected chi connectivity index (χ4v) is 5.52. The van der Waals surface area contributed by atoms with Gasteiger partial charge in [-0.25, -0.2) is 4.98 Å². The molecule has 0 saturated carbocycles. The number of aliphatic hydroxyl groups excluding tert-OH is 1. The summed E-state index contributed by atoms with van der Waals surface area (Å²) in [6, 6.07) is 17.1. The Hall–Kier alpha value is -4.63. The third-order valence-corrected chi connectivity index (χ3v) is 7.63. The number of aliphatic hydroxyl groups is 1. The van der Waals surface area contributed by atoms with Crippen LogP contribution in [-0.2, 0) is 16.2 Å². The van der Waals surface area contributed by atoms with Crippen molar-refractivity contribution in [3.8, 4) is 5.75 Å². The summed E-state index contributed by atoms with van der Waals surface area (Å²) in [6.07, 6.45) is 3.11. The topological polar surface area (TPSA) is 110 Å². The van der Waals surface area contributed by atoms with Crippen LogP contribution in [0.1, 0.15) is 50.6 Å². The van der Waals surface area contributed by atoms with E-state index in [9.17, 15) is 19.5 Å². The van der Waals surface area contributed by atoms with Crippen LogP contribution >= 0.6 is 11.3 Å². The Labute approximate surface area is 229 Å². The van der Waals surface area contributed by atoms with E-state index >= 15 is 0 Å². The SMILES string of the molecule is CC(=O)c1sc(N2C(=O)C(=O)/C(=C(\O)c3ccc(OCc4cccc(C)c4)cc3)C2c2cccnc2)nc1C. The molecule has 5 rings (SSSR count). The van der Waals surface area contributed by atoms with Crippen molar-refractivity contribution in [2.45, 2.75) is 33.4 Å². The van der Waals surface area contributed by atoms with Crippen molar-refractivity contribution in [2.24, 2.45) is 0 Å². The number of anilines is 1. The van der Waals surface area contributed by atoms with E-state index in [-0.39, 0.29) is 22.2 Å². The van der Waals surface area contributed by atoms with Crippen LogP contribution in [0, 0.1) is 13.8 Å². The fourth-order valence-electron chi connectivity index (χ4n) is 4.53. The van der Waals surface area contributed by atoms with Crippen molar-refractivity contribution in [2.75, 3.05) is 4.90 Å². The second kappa shape index (κ2) is 10.6. The predicted molar refractivity (Wildman–Crippen MR) is 148 cm³/mol. The van der Waals surface area contributed by atoms with Crippen LogP contribution in [0.5, 0.6) is 5.75 Å². The first-order valence-electron chi connectivity index (χ1n) is 12.2. The van der Waals surface area contributed by atoms with Crippen LogP contribution in [0.25, 0.3) is 5.76 Å². The van der Waals surface area contributed by atoms with E-state index in [0.717, 1.165) is 22.5 Å². The van der Waals surface area contributed by atoms with E-state index in [1.165, 1.54) is 18.0 Å². The van der Waals surface area contributed by atoms with Crippen LogP contribution in [0.2, 0.25) is 0 Å². The number of benzene rings is 2. The van der Waals surface area contributed by atoms with E-state index in [1.54, 1.807) is 49.5 Å². The Morgan fingerprint density at radius 1 is 1.08 bits per heavy atom. The van der Waals surface area contributed by atoms with Gasteiger partial charge in [0.05, 0.1) is 22.2 Å². The van der Waals surface area contributed by atoms with Crippen LogP contribution < -0.4 is 9.64 Å². The van der Waals surface area contributed by atoms with Gasteiger partial charge in [0.1, 0.15) is 18.1 Å². The summed E-state index contributed by atoms with van der Waals surface area (Å²) in [5, 5.41) is 11.5. The largest absolute Gasteiger partial charge is 0.507 e. The number of aryl methyl sites for hydroxylation is 2. The lowest BCUT2D eigenvalue weighted by atomic mass is 9.96. The predicted octanol–water partition coefficient (Wildman–Crippen LogP) is 5.56. The summed E-state index contributed by atoms with van der Waals surface area (Å²) in [6.45, 7) is 5.50. The van der Waals surface area contributed by atoms with E-state index in [0.29, 0.717) is 34.1 Å². The van der Waals surface area contributed by atoms with Crippen molar-refractivity contribution in [1.82, 2.24) is 9.97 Å². The molecule has 1 saturated heterocycles. The number of nitrogens with zero attached hydrogens (tertiary/aromatic N) is 3. The van der Waals surface area contributed by atoms with Crippen molar-refractivity contribution in [3.63, 3.8) is 0 Å². The second-order valence-electron chi connectivity index (χ2n) is 9.22. The molecule has 39 heavy (non-hydrogen) atoms. The van der Waals surface area contributed by atoms with Crippen LogP contribution in [-0.4, -0.2) is 32.5 Å². The van der Waals surface area contributed by atoms with Gasteiger partial charge in [-0.05, 0) is 55.3 Å². The van der Waals surface area contributed by atoms with Crippen molar-refractivity contribution < 1.29 is 24.2 Å². The molecular weight excluding hydrogens is 514 g/mol. The number of carbonyl (C=O) groups is 3. The normalized spacial score (nSPS) is 16.5. The van der Waals surface area contributed by atoms with E-state index in [2.05, 4.69) is 9.97 Å². The Balaban J connectivity index is 1.51. The molecule has 0 spiro atoms. The summed E-state index contributed by atoms with van der Waals surface area (Å²) in [7, 11) is 0. The van der Waals surface area contributed by atoms with Gasteiger partial charge in [0, 0.05) is 24.9 Å². The zero-order chi connectivity index (χ0) is 27.7. The van der Waals surface area contributed by atoms with Gasteiger partial charge in [-0.15, -0.1) is 0 Å². The number of amides is 1. The molecule has 1 fully saturated rings. The fraction of sp³-hybridized carbons (Fsp3) is 0.167. The molecule has 1 N–H and O–H groups in total. The van der Waals surface area contributed by atoms with Gasteiger partial charge in [-0.2, -0.15) is 0 Å². The van der Waals surface area contributed by atoms with E-state index in [1.807, 2.05) is 31.2 Å². The average molecular weight is 540 g/mol. The standard InChI is InChI=1S/C30H25N3O5S/c1-17-6-4-7-20(14-17)16-38-23-11-9-21(10-12-23)26(35)24-25(22-8-5-13-31-15-22)33(29(37)27(24)36)30-32-18(2)28(39-30)19(3)34/h4-15,25,35H,16H2,1-3H3/b26-24-. The number of Topliss-reactive ketones (excluding diaryl/α,β-unsaturated/α-hetero) is 2. The molecule has 196 valence electrons. The molecule has 1 aliphatic rings. The van der Waals surface area contributed by atoms with Crippen molar-refractivity contribution >= 4 is 39.7 Å². The average Bonchev–Trinajstić information content (AvgIpc) is 3.44. The maximum Gasteiger partial charge on any atom is 0.301 e. The molecule has 1 unspecified atom stereocenters. The van der Waals surface area contributed by atoms with Gasteiger partial charge >= 0.3 is 5.91 Å². The van der Waals surface area contributed by atoms with Gasteiger partial charge in [-0.3, -0.25) is 24.3 Å². The zero-order valence-corrected chi connectivity index (χ0v) is 22.4.